The Morgan fingerprint density at radius 3 is 2.82 bits per heavy atom. The van der Waals surface area contributed by atoms with Crippen LogP contribution in [-0.4, -0.2) is 44.3 Å². The molecule has 0 saturated heterocycles. The number of nitrogens with zero attached hydrogens (tertiary/aromatic N) is 2. The maximum atomic E-state index is 5.32. The van der Waals surface area contributed by atoms with E-state index in [0.29, 0.717) is 0 Å². The number of aromatic nitrogens is 1. The largest absolute Gasteiger partial charge is 0.377 e. The molecule has 0 bridgehead atoms. The van der Waals surface area contributed by atoms with Gasteiger partial charge in [0.2, 0.25) is 0 Å². The summed E-state index contributed by atoms with van der Waals surface area (Å²) >= 11 is 1.80. The maximum Gasteiger partial charge on any atom is 0.191 e. The first kappa shape index (κ1) is 17.0. The molecule has 0 fully saturated rings. The summed E-state index contributed by atoms with van der Waals surface area (Å²) in [5.74, 6) is 0.861. The Bertz CT molecular complexity index is 510. The van der Waals surface area contributed by atoms with E-state index in [1.54, 1.807) is 11.3 Å². The normalized spacial score (nSPS) is 15.5. The lowest BCUT2D eigenvalue weighted by molar-refractivity contribution is 0.153. The standard InChI is InChI=1S/C16H26N4OS/c1-3-14-12-20-15(22-14)5-9-19-16(17-2)18-8-4-13-6-10-21-11-7-13/h6,12H,3-5,7-11H2,1-2H3,(H2,17,18,19). The molecule has 0 amide bonds. The highest BCUT2D eigenvalue weighted by Crippen LogP contribution is 2.13. The van der Waals surface area contributed by atoms with E-state index in [0.717, 1.165) is 57.9 Å². The molecule has 0 saturated carbocycles. The average molecular weight is 322 g/mol. The lowest BCUT2D eigenvalue weighted by atomic mass is 10.1. The van der Waals surface area contributed by atoms with Crippen molar-refractivity contribution in [3.8, 4) is 0 Å². The van der Waals surface area contributed by atoms with Gasteiger partial charge in [0.05, 0.1) is 18.2 Å². The molecule has 0 radical (unpaired) electrons. The molecular formula is C16H26N4OS. The summed E-state index contributed by atoms with van der Waals surface area (Å²) in [6, 6.07) is 0. The minimum absolute atomic E-state index is 0.760. The molecule has 2 rings (SSSR count). The quantitative estimate of drug-likeness (QED) is 0.459. The number of ether oxygens (including phenoxy) is 1. The lowest BCUT2D eigenvalue weighted by Crippen LogP contribution is -2.38. The zero-order valence-electron chi connectivity index (χ0n) is 13.5. The van der Waals surface area contributed by atoms with E-state index in [1.807, 2.05) is 13.2 Å². The monoisotopic (exact) mass is 322 g/mol. The van der Waals surface area contributed by atoms with E-state index in [1.165, 1.54) is 15.5 Å². The Morgan fingerprint density at radius 2 is 2.18 bits per heavy atom. The minimum atomic E-state index is 0.760. The van der Waals surface area contributed by atoms with Crippen LogP contribution in [0.2, 0.25) is 0 Å². The van der Waals surface area contributed by atoms with Crippen LogP contribution in [-0.2, 0) is 17.6 Å². The van der Waals surface area contributed by atoms with Crippen molar-refractivity contribution in [2.24, 2.45) is 4.99 Å². The van der Waals surface area contributed by atoms with E-state index in [4.69, 9.17) is 4.74 Å². The second-order valence-corrected chi connectivity index (χ2v) is 6.39. The minimum Gasteiger partial charge on any atom is -0.377 e. The van der Waals surface area contributed by atoms with Gasteiger partial charge < -0.3 is 15.4 Å². The molecule has 22 heavy (non-hydrogen) atoms. The summed E-state index contributed by atoms with van der Waals surface area (Å²) in [5.41, 5.74) is 1.48. The van der Waals surface area contributed by atoms with E-state index in [2.05, 4.69) is 33.6 Å². The van der Waals surface area contributed by atoms with Crippen molar-refractivity contribution in [3.05, 3.63) is 27.7 Å². The molecule has 0 aromatic carbocycles. The molecule has 1 aliphatic heterocycles. The third-order valence-electron chi connectivity index (χ3n) is 3.60. The van der Waals surface area contributed by atoms with Crippen LogP contribution in [0.4, 0.5) is 0 Å². The Morgan fingerprint density at radius 1 is 1.36 bits per heavy atom. The summed E-state index contributed by atoms with van der Waals surface area (Å²) in [5, 5.41) is 7.89. The van der Waals surface area contributed by atoms with Crippen LogP contribution < -0.4 is 10.6 Å². The summed E-state index contributed by atoms with van der Waals surface area (Å²) < 4.78 is 5.32. The molecule has 1 aromatic rings. The number of thiazole rings is 1. The van der Waals surface area contributed by atoms with E-state index >= 15 is 0 Å². The molecule has 0 spiro atoms. The zero-order chi connectivity index (χ0) is 15.6. The number of rotatable bonds is 7. The van der Waals surface area contributed by atoms with Crippen molar-refractivity contribution in [1.82, 2.24) is 15.6 Å². The summed E-state index contributed by atoms with van der Waals surface area (Å²) in [6.07, 6.45) is 8.28. The molecular weight excluding hydrogens is 296 g/mol. The molecule has 0 unspecified atom stereocenters. The van der Waals surface area contributed by atoms with Gasteiger partial charge in [-0.05, 0) is 19.3 Å². The Balaban J connectivity index is 1.63. The molecule has 1 aliphatic rings. The van der Waals surface area contributed by atoms with Crippen LogP contribution in [0.15, 0.2) is 22.8 Å². The molecule has 122 valence electrons. The number of hydrogen-bond acceptors (Lipinski definition) is 4. The second-order valence-electron chi connectivity index (χ2n) is 5.19. The third kappa shape index (κ3) is 5.77. The number of guanidine groups is 1. The van der Waals surface area contributed by atoms with Gasteiger partial charge in [0.15, 0.2) is 5.96 Å². The molecule has 2 N–H and O–H groups in total. The average Bonchev–Trinajstić information content (AvgIpc) is 3.02. The predicted octanol–water partition coefficient (Wildman–Crippen LogP) is 2.15. The Hall–Kier alpha value is -1.40. The van der Waals surface area contributed by atoms with Gasteiger partial charge in [0, 0.05) is 37.6 Å². The van der Waals surface area contributed by atoms with Gasteiger partial charge in [-0.2, -0.15) is 0 Å². The fourth-order valence-corrected chi connectivity index (χ4v) is 3.13. The summed E-state index contributed by atoms with van der Waals surface area (Å²) in [4.78, 5) is 10.0. The first-order chi connectivity index (χ1) is 10.8. The third-order valence-corrected chi connectivity index (χ3v) is 4.80. The van der Waals surface area contributed by atoms with Crippen molar-refractivity contribution in [2.75, 3.05) is 33.4 Å². The first-order valence-corrected chi connectivity index (χ1v) is 8.77. The fraction of sp³-hybridized carbons (Fsp3) is 0.625. The SMILES string of the molecule is CCc1cnc(CCNC(=NC)NCCC2=CCOCC2)s1. The van der Waals surface area contributed by atoms with Crippen LogP contribution in [0.3, 0.4) is 0 Å². The Kier molecular flexibility index (Phi) is 7.39. The highest BCUT2D eigenvalue weighted by Gasteiger charge is 2.05. The zero-order valence-corrected chi connectivity index (χ0v) is 14.3. The van der Waals surface area contributed by atoms with Crippen molar-refractivity contribution >= 4 is 17.3 Å². The van der Waals surface area contributed by atoms with Crippen LogP contribution >= 0.6 is 11.3 Å². The number of nitrogens with one attached hydrogen (secondary N) is 2. The van der Waals surface area contributed by atoms with Crippen LogP contribution in [0.5, 0.6) is 0 Å². The lowest BCUT2D eigenvalue weighted by Gasteiger charge is -2.15. The van der Waals surface area contributed by atoms with Gasteiger partial charge in [-0.3, -0.25) is 4.99 Å². The van der Waals surface area contributed by atoms with Crippen molar-refractivity contribution in [3.63, 3.8) is 0 Å². The molecule has 2 heterocycles. The molecule has 1 aromatic heterocycles. The van der Waals surface area contributed by atoms with Gasteiger partial charge in [-0.15, -0.1) is 11.3 Å². The topological polar surface area (TPSA) is 58.5 Å². The fourth-order valence-electron chi connectivity index (χ4n) is 2.27. The molecule has 0 aliphatic carbocycles. The highest BCUT2D eigenvalue weighted by molar-refractivity contribution is 7.11. The summed E-state index contributed by atoms with van der Waals surface area (Å²) in [7, 11) is 1.81. The van der Waals surface area contributed by atoms with E-state index in [-0.39, 0.29) is 0 Å². The van der Waals surface area contributed by atoms with Crippen LogP contribution in [0.25, 0.3) is 0 Å². The molecule has 5 nitrogen and oxygen atoms in total. The van der Waals surface area contributed by atoms with Crippen LogP contribution in [0, 0.1) is 0 Å². The smallest absolute Gasteiger partial charge is 0.191 e. The van der Waals surface area contributed by atoms with Crippen molar-refractivity contribution in [1.29, 1.82) is 0 Å². The number of aliphatic imine (C=N–C) groups is 1. The van der Waals surface area contributed by atoms with Gasteiger partial charge in [0.1, 0.15) is 0 Å². The predicted molar refractivity (Wildman–Crippen MR) is 92.7 cm³/mol. The maximum absolute atomic E-state index is 5.32. The van der Waals surface area contributed by atoms with E-state index < -0.39 is 0 Å². The Labute approximate surface area is 136 Å². The molecule has 6 heteroatoms. The van der Waals surface area contributed by atoms with Crippen molar-refractivity contribution in [2.45, 2.75) is 32.6 Å². The van der Waals surface area contributed by atoms with E-state index in [9.17, 15) is 0 Å². The highest BCUT2D eigenvalue weighted by atomic mass is 32.1. The summed E-state index contributed by atoms with van der Waals surface area (Å²) in [6.45, 7) is 5.53. The van der Waals surface area contributed by atoms with Gasteiger partial charge >= 0.3 is 0 Å². The second kappa shape index (κ2) is 9.58. The van der Waals surface area contributed by atoms with Gasteiger partial charge in [-0.25, -0.2) is 4.98 Å². The number of aryl methyl sites for hydroxylation is 1. The van der Waals surface area contributed by atoms with Gasteiger partial charge in [0.25, 0.3) is 0 Å². The van der Waals surface area contributed by atoms with Crippen LogP contribution in [0.1, 0.15) is 29.7 Å². The van der Waals surface area contributed by atoms with Crippen molar-refractivity contribution < 1.29 is 4.74 Å². The van der Waals surface area contributed by atoms with Gasteiger partial charge in [-0.1, -0.05) is 18.6 Å². The first-order valence-electron chi connectivity index (χ1n) is 7.95. The number of hydrogen-bond donors (Lipinski definition) is 2. The molecule has 0 atom stereocenters.